The number of hydrogen-bond donors (Lipinski definition) is 10. The lowest BCUT2D eigenvalue weighted by Gasteiger charge is -2.69. The standard InChI is InChI=1S/C24H26ClFN2O4.C23H25ClFN3O3.C22H21ClF2N2O4.C21H19ClF2N2O3.C19H20ClN3O3S/c1-15(2)32-17-5-3-16(4-6-17)10-27-22(30)23-12-24(13-23,14-23)28-21(29)11-31-18-7-8-19(25)20(26)9-18;1-14-7-16(8-15(2)27-14)5-6-26-21(30)22-11-23(12-22,13-22)28-20(29)10-31-17-3-4-18(24)19(25)9-17;1-30-16-5-13(4-14(24)6-16)8-26-20(29)21-10-22(11-21,12-21)27-19(28)9-31-15-2-3-17(23)18(25)7-15;22-15-6-5-14(7-17(15)24)29-9-18(27)26-21-10-20(11-21,12-21)19(28)25-8-13-3-1-2-4-16(13)23;1-12-6-13(2-3-14(12)20)26-8-15(24)23-19-9-18(10-19,11-19)17(25)22-7-16-21-4-5-27-16/h3-9,15H,10-14H2,1-2H3,(H,27,30)(H,28,29);3-4,7-9H,5-6,10-13H2,1-2H3,(H,26,30)(H,28,29);2-7H,8-12H2,1H3,(H,26,29)(H,27,28);1-7H,8-12H2,(H,25,28)(H,26,27);2-6H,7-11H2,1H3,(H,22,25)(H,23,24). The highest BCUT2D eigenvalue weighted by atomic mass is 35.5. The summed E-state index contributed by atoms with van der Waals surface area (Å²) in [6.07, 6.45) is 11.7. The SMILES string of the molecule is CC(C)Oc1ccc(CNC(=O)C23CC(NC(=O)COc4ccc(Cl)c(F)c4)(C2)C3)cc1.COc1cc(F)cc(CNC(=O)C23CC(NC(=O)COc4ccc(Cl)c(F)c4)(C2)C3)c1.Cc1cc(CCNC(=O)C23CC(NC(=O)COc4ccc(Cl)c(F)c4)(C2)C3)cc(C)n1.Cc1cc(OCC(=O)NC23CC(C(=O)NCc4nccs4)(C2)C3)ccc1Cl.O=C(COc1ccc(Cl)c(F)c1)NC12CC(C(=O)NCc3ccccc3F)(C1)C2. The van der Waals surface area contributed by atoms with Crippen LogP contribution in [-0.2, 0) is 80.5 Å². The molecule has 792 valence electrons. The highest BCUT2D eigenvalue weighted by Gasteiger charge is 2.76. The van der Waals surface area contributed by atoms with Gasteiger partial charge in [-0.3, -0.25) is 52.9 Å². The Hall–Kier alpha value is -13.1. The van der Waals surface area contributed by atoms with Crippen molar-refractivity contribution in [1.29, 1.82) is 0 Å². The summed E-state index contributed by atoms with van der Waals surface area (Å²) >= 11 is 30.0. The Balaban J connectivity index is 0.000000134. The van der Waals surface area contributed by atoms with Gasteiger partial charge in [-0.05, 0) is 269 Å². The molecule has 15 fully saturated rings. The molecule has 0 unspecified atom stereocenters. The third-order valence-corrected chi connectivity index (χ3v) is 31.0. The average molecular weight is 2180 g/mol. The Bertz CT molecular complexity index is 6720. The summed E-state index contributed by atoms with van der Waals surface area (Å²) in [4.78, 5) is 132. The number of nitrogens with one attached hydrogen (secondary N) is 10. The first kappa shape index (κ1) is 110. The third-order valence-electron chi connectivity index (χ3n) is 28.6. The predicted octanol–water partition coefficient (Wildman–Crippen LogP) is 16.8. The van der Waals surface area contributed by atoms with Crippen LogP contribution >= 0.6 is 69.3 Å². The molecule has 15 aliphatic carbocycles. The fourth-order valence-corrected chi connectivity index (χ4v) is 23.1. The van der Waals surface area contributed by atoms with Crippen molar-refractivity contribution in [3.8, 4) is 40.2 Å². The zero-order valence-electron chi connectivity index (χ0n) is 82.7. The molecule has 15 saturated carbocycles. The second-order valence-electron chi connectivity index (χ2n) is 41.2. The monoisotopic (exact) mass is 2180 g/mol. The quantitative estimate of drug-likeness (QED) is 0.0160. The van der Waals surface area contributed by atoms with E-state index in [1.807, 2.05) is 76.4 Å². The third kappa shape index (κ3) is 25.8. The van der Waals surface area contributed by atoms with E-state index in [1.165, 1.54) is 85.2 Å². The molecular formula is C109H111Cl5F6N12O17S. The molecule has 8 aromatic carbocycles. The van der Waals surface area contributed by atoms with Crippen molar-refractivity contribution in [2.45, 2.75) is 197 Å². The van der Waals surface area contributed by atoms with Crippen molar-refractivity contribution in [2.24, 2.45) is 27.1 Å². The first-order valence-corrected chi connectivity index (χ1v) is 51.4. The van der Waals surface area contributed by atoms with E-state index in [0.29, 0.717) is 144 Å². The van der Waals surface area contributed by atoms with E-state index in [9.17, 15) is 74.3 Å². The molecule has 29 nitrogen and oxygen atoms in total. The van der Waals surface area contributed by atoms with Gasteiger partial charge in [-0.2, -0.15) is 0 Å². The molecule has 0 atom stereocenters. The highest BCUT2D eigenvalue weighted by Crippen LogP contribution is 2.71. The van der Waals surface area contributed by atoms with Crippen molar-refractivity contribution in [3.05, 3.63) is 286 Å². The normalized spacial score (nSPS) is 23.7. The number of ether oxygens (including phenoxy) is 7. The number of nitrogens with zero attached hydrogens (tertiary/aromatic N) is 2. The Morgan fingerprint density at radius 1 is 0.353 bits per heavy atom. The van der Waals surface area contributed by atoms with E-state index in [1.54, 1.807) is 48.7 Å². The minimum atomic E-state index is -0.622. The second-order valence-corrected chi connectivity index (χ2v) is 44.2. The number of thiazole rings is 1. The molecule has 15 aliphatic rings. The fraction of sp³-hybridized carbons (Fsp3) is 0.394. The van der Waals surface area contributed by atoms with Crippen LogP contribution in [-0.4, -0.2) is 150 Å². The Kier molecular flexibility index (Phi) is 33.0. The molecule has 0 saturated heterocycles. The van der Waals surface area contributed by atoms with Gasteiger partial charge in [0, 0.05) is 118 Å². The maximum atomic E-state index is 13.6. The Morgan fingerprint density at radius 3 is 1.03 bits per heavy atom. The fourth-order valence-electron chi connectivity index (χ4n) is 22.0. The Morgan fingerprint density at radius 2 is 0.687 bits per heavy atom. The summed E-state index contributed by atoms with van der Waals surface area (Å²) in [7, 11) is 1.45. The topological polar surface area (TPSA) is 381 Å². The number of benzene rings is 8. The second kappa shape index (κ2) is 45.2. The van der Waals surface area contributed by atoms with Gasteiger partial charge in [0.1, 0.15) is 80.2 Å². The van der Waals surface area contributed by atoms with Crippen molar-refractivity contribution in [3.63, 3.8) is 0 Å². The smallest absolute Gasteiger partial charge is 0.258 e. The summed E-state index contributed by atoms with van der Waals surface area (Å²) in [6.45, 7) is 10.6. The molecule has 10 bridgehead atoms. The summed E-state index contributed by atoms with van der Waals surface area (Å²) in [5.74, 6) is -2.04. The van der Waals surface area contributed by atoms with Crippen LogP contribution in [0.2, 0.25) is 25.1 Å². The van der Waals surface area contributed by atoms with Crippen LogP contribution in [0.5, 0.6) is 40.2 Å². The average Bonchev–Trinajstić information content (AvgIpc) is 0.799. The van der Waals surface area contributed by atoms with Crippen LogP contribution < -0.4 is 86.3 Å². The zero-order chi connectivity index (χ0) is 107. The van der Waals surface area contributed by atoms with Gasteiger partial charge in [0.25, 0.3) is 29.5 Å². The van der Waals surface area contributed by atoms with E-state index in [0.717, 1.165) is 69.5 Å². The Labute approximate surface area is 890 Å². The van der Waals surface area contributed by atoms with Gasteiger partial charge >= 0.3 is 0 Å². The molecule has 25 rings (SSSR count). The summed E-state index contributed by atoms with van der Waals surface area (Å²) < 4.78 is 118. The molecular weight excluding hydrogens is 2070 g/mol. The molecule has 41 heteroatoms. The van der Waals surface area contributed by atoms with E-state index in [4.69, 9.17) is 91.2 Å². The van der Waals surface area contributed by atoms with E-state index < -0.39 is 50.9 Å². The molecule has 0 radical (unpaired) electrons. The lowest BCUT2D eigenvalue weighted by Crippen LogP contribution is -2.78. The molecule has 2 heterocycles. The van der Waals surface area contributed by atoms with Crippen molar-refractivity contribution >= 4 is 128 Å². The van der Waals surface area contributed by atoms with Crippen LogP contribution in [0.15, 0.2) is 181 Å². The van der Waals surface area contributed by atoms with Crippen molar-refractivity contribution in [1.82, 2.24) is 63.1 Å². The van der Waals surface area contributed by atoms with Gasteiger partial charge < -0.3 is 86.3 Å². The number of aryl methyl sites for hydroxylation is 3. The van der Waals surface area contributed by atoms with E-state index in [-0.39, 0.29) is 193 Å². The number of methoxy groups -OCH3 is 1. The van der Waals surface area contributed by atoms with Gasteiger partial charge in [0.05, 0.1) is 66.9 Å². The maximum Gasteiger partial charge on any atom is 0.258 e. The first-order valence-electron chi connectivity index (χ1n) is 48.6. The summed E-state index contributed by atoms with van der Waals surface area (Å²) in [5, 5.41) is 32.8. The first-order chi connectivity index (χ1) is 71.3. The molecule has 10 aromatic rings. The number of rotatable bonds is 39. The number of amides is 10. The zero-order valence-corrected chi connectivity index (χ0v) is 87.3. The van der Waals surface area contributed by atoms with Gasteiger partial charge in [-0.15, -0.1) is 11.3 Å². The highest BCUT2D eigenvalue weighted by molar-refractivity contribution is 7.09. The lowest BCUT2D eigenvalue weighted by atomic mass is 9.39. The summed E-state index contributed by atoms with van der Waals surface area (Å²) in [6, 6.07) is 43.6. The number of halogens is 11. The van der Waals surface area contributed by atoms with Crippen molar-refractivity contribution < 1.29 is 107 Å². The molecule has 0 spiro atoms. The molecule has 2 aromatic heterocycles. The maximum absolute atomic E-state index is 13.6. The van der Waals surface area contributed by atoms with Crippen LogP contribution in [0.1, 0.15) is 154 Å². The van der Waals surface area contributed by atoms with Crippen LogP contribution in [0.4, 0.5) is 26.3 Å². The van der Waals surface area contributed by atoms with E-state index >= 15 is 0 Å². The molecule has 10 N–H and O–H groups in total. The number of carbonyl (C=O) groups is 10. The van der Waals surface area contributed by atoms with Crippen molar-refractivity contribution in [2.75, 3.05) is 46.7 Å². The predicted molar refractivity (Wildman–Crippen MR) is 547 cm³/mol. The van der Waals surface area contributed by atoms with Crippen LogP contribution in [0.3, 0.4) is 0 Å². The van der Waals surface area contributed by atoms with Crippen LogP contribution in [0, 0.1) is 82.7 Å². The van der Waals surface area contributed by atoms with Gasteiger partial charge in [0.2, 0.25) is 29.5 Å². The summed E-state index contributed by atoms with van der Waals surface area (Å²) in [5.41, 5.74) is 2.32. The van der Waals surface area contributed by atoms with Gasteiger partial charge in [0.15, 0.2) is 33.0 Å². The lowest BCUT2D eigenvalue weighted by molar-refractivity contribution is -0.184. The van der Waals surface area contributed by atoms with Gasteiger partial charge in [-0.1, -0.05) is 88.3 Å². The minimum absolute atomic E-state index is 0.000229. The number of carbonyl (C=O) groups excluding carboxylic acids is 10. The minimum Gasteiger partial charge on any atom is -0.497 e. The largest absolute Gasteiger partial charge is 0.497 e. The number of hydrogen-bond acceptors (Lipinski definition) is 20. The van der Waals surface area contributed by atoms with E-state index in [2.05, 4.69) is 63.1 Å². The molecule has 0 aliphatic heterocycles. The number of aromatic nitrogens is 2. The van der Waals surface area contributed by atoms with Gasteiger partial charge in [-0.25, -0.2) is 31.3 Å². The number of pyridine rings is 1. The van der Waals surface area contributed by atoms with Crippen LogP contribution in [0.25, 0.3) is 0 Å². The molecule has 10 amide bonds. The molecule has 150 heavy (non-hydrogen) atoms.